The molecule has 0 amide bonds. The summed E-state index contributed by atoms with van der Waals surface area (Å²) < 4.78 is 0. The molecule has 21 heavy (non-hydrogen) atoms. The van der Waals surface area contributed by atoms with E-state index >= 15 is 0 Å². The van der Waals surface area contributed by atoms with Crippen molar-refractivity contribution >= 4 is 16.9 Å². The lowest BCUT2D eigenvalue weighted by Crippen LogP contribution is -2.39. The molecular weight excluding hydrogens is 264 g/mol. The Kier molecular flexibility index (Phi) is 3.00. The highest BCUT2D eigenvalue weighted by Crippen LogP contribution is 2.33. The van der Waals surface area contributed by atoms with Crippen molar-refractivity contribution in [2.24, 2.45) is 0 Å². The van der Waals surface area contributed by atoms with Crippen LogP contribution < -0.4 is 4.90 Å². The van der Waals surface area contributed by atoms with Crippen LogP contribution >= 0.6 is 0 Å². The molecule has 6 nitrogen and oxygen atoms in total. The first-order valence-corrected chi connectivity index (χ1v) is 7.52. The number of hydrogen-bond acceptors (Lipinski definition) is 5. The molecule has 2 aromatic rings. The molecule has 0 spiro atoms. The van der Waals surface area contributed by atoms with Crippen LogP contribution in [0.15, 0.2) is 18.6 Å². The van der Waals surface area contributed by atoms with Crippen LogP contribution in [0.2, 0.25) is 0 Å². The van der Waals surface area contributed by atoms with Crippen molar-refractivity contribution in [3.8, 4) is 6.07 Å². The number of aromatic nitrogens is 3. The van der Waals surface area contributed by atoms with Crippen LogP contribution in [0.1, 0.15) is 19.3 Å². The van der Waals surface area contributed by atoms with E-state index in [2.05, 4.69) is 30.8 Å². The molecule has 2 fully saturated rings. The molecule has 1 aliphatic heterocycles. The van der Waals surface area contributed by atoms with Crippen LogP contribution in [-0.4, -0.2) is 51.6 Å². The summed E-state index contributed by atoms with van der Waals surface area (Å²) in [5.41, 5.74) is 0.888. The number of nitrogens with one attached hydrogen (secondary N) is 1. The summed E-state index contributed by atoms with van der Waals surface area (Å²) in [5.74, 6) is 1.01. The smallest absolute Gasteiger partial charge is 0.142 e. The predicted octanol–water partition coefficient (Wildman–Crippen LogP) is 1.52. The highest BCUT2D eigenvalue weighted by atomic mass is 15.3. The van der Waals surface area contributed by atoms with Gasteiger partial charge in [-0.1, -0.05) is 0 Å². The summed E-state index contributed by atoms with van der Waals surface area (Å²) >= 11 is 0. The van der Waals surface area contributed by atoms with Crippen LogP contribution in [-0.2, 0) is 0 Å². The van der Waals surface area contributed by atoms with Gasteiger partial charge in [0.2, 0.25) is 0 Å². The van der Waals surface area contributed by atoms with Crippen LogP contribution in [0.3, 0.4) is 0 Å². The third-order valence-corrected chi connectivity index (χ3v) is 4.53. The molecule has 1 saturated heterocycles. The maximum Gasteiger partial charge on any atom is 0.142 e. The first kappa shape index (κ1) is 12.6. The first-order valence-electron chi connectivity index (χ1n) is 7.52. The fraction of sp³-hybridized carbons (Fsp3) is 0.533. The van der Waals surface area contributed by atoms with Gasteiger partial charge in [-0.3, -0.25) is 4.90 Å². The molecular formula is C15H18N6. The van der Waals surface area contributed by atoms with Crippen LogP contribution in [0.25, 0.3) is 11.0 Å². The highest BCUT2D eigenvalue weighted by Gasteiger charge is 2.37. The van der Waals surface area contributed by atoms with E-state index in [-0.39, 0.29) is 0 Å². The number of fused-ring (bicyclic) bond motifs is 1. The van der Waals surface area contributed by atoms with E-state index in [4.69, 9.17) is 5.26 Å². The molecule has 2 aromatic heterocycles. The van der Waals surface area contributed by atoms with E-state index in [1.807, 2.05) is 12.3 Å². The van der Waals surface area contributed by atoms with Crippen molar-refractivity contribution in [2.45, 2.75) is 31.3 Å². The number of nitriles is 1. The lowest BCUT2D eigenvalue weighted by Gasteiger charge is -2.26. The average molecular weight is 282 g/mol. The molecule has 0 bridgehead atoms. The van der Waals surface area contributed by atoms with E-state index in [1.165, 1.54) is 12.8 Å². The molecule has 1 aliphatic carbocycles. The predicted molar refractivity (Wildman–Crippen MR) is 79.8 cm³/mol. The van der Waals surface area contributed by atoms with Gasteiger partial charge in [0.25, 0.3) is 0 Å². The van der Waals surface area contributed by atoms with Gasteiger partial charge in [-0.2, -0.15) is 5.26 Å². The normalized spacial score (nSPS) is 22.1. The van der Waals surface area contributed by atoms with Crippen LogP contribution in [0, 0.1) is 11.3 Å². The number of rotatable bonds is 4. The Labute approximate surface area is 123 Å². The second-order valence-corrected chi connectivity index (χ2v) is 5.89. The largest absolute Gasteiger partial charge is 0.354 e. The molecule has 0 aromatic carbocycles. The van der Waals surface area contributed by atoms with Gasteiger partial charge in [0.15, 0.2) is 0 Å². The lowest BCUT2D eigenvalue weighted by molar-refractivity contribution is 0.224. The van der Waals surface area contributed by atoms with Crippen molar-refractivity contribution < 1.29 is 0 Å². The summed E-state index contributed by atoms with van der Waals surface area (Å²) in [7, 11) is 0. The van der Waals surface area contributed by atoms with Gasteiger partial charge in [0.05, 0.1) is 18.0 Å². The van der Waals surface area contributed by atoms with Gasteiger partial charge >= 0.3 is 0 Å². The van der Waals surface area contributed by atoms with Gasteiger partial charge in [0, 0.05) is 31.4 Å². The van der Waals surface area contributed by atoms with E-state index in [0.29, 0.717) is 18.6 Å². The number of anilines is 1. The maximum absolute atomic E-state index is 9.04. The lowest BCUT2D eigenvalue weighted by atomic mass is 10.2. The zero-order valence-corrected chi connectivity index (χ0v) is 11.9. The molecule has 4 rings (SSSR count). The monoisotopic (exact) mass is 282 g/mol. The molecule has 3 heterocycles. The third kappa shape index (κ3) is 2.24. The Bertz CT molecular complexity index is 683. The molecule has 0 radical (unpaired) electrons. The van der Waals surface area contributed by atoms with E-state index in [0.717, 1.165) is 36.4 Å². The minimum Gasteiger partial charge on any atom is -0.354 e. The van der Waals surface area contributed by atoms with Gasteiger partial charge in [-0.15, -0.1) is 0 Å². The number of aromatic amines is 1. The van der Waals surface area contributed by atoms with Gasteiger partial charge < -0.3 is 9.88 Å². The Morgan fingerprint density at radius 2 is 2.24 bits per heavy atom. The van der Waals surface area contributed by atoms with Crippen molar-refractivity contribution in [1.29, 1.82) is 5.26 Å². The molecule has 1 atom stereocenters. The van der Waals surface area contributed by atoms with Crippen molar-refractivity contribution in [3.05, 3.63) is 18.6 Å². The standard InChI is InChI=1S/C15H18N6/c16-5-8-21(11-1-2-11)12-4-7-20(9-12)15-13-3-6-17-14(13)18-10-19-15/h3,6,10-12H,1-2,4,7-9H2,(H,17,18,19)/t12-/m1/s1. The SMILES string of the molecule is N#CCN(C1CC1)[C@@H]1CCN(c2ncnc3[nH]ccc23)C1. The molecule has 6 heteroatoms. The highest BCUT2D eigenvalue weighted by molar-refractivity contribution is 5.87. The van der Waals surface area contributed by atoms with E-state index < -0.39 is 0 Å². The Morgan fingerprint density at radius 1 is 1.33 bits per heavy atom. The molecule has 1 saturated carbocycles. The number of nitrogens with zero attached hydrogens (tertiary/aromatic N) is 5. The van der Waals surface area contributed by atoms with Crippen LogP contribution in [0.4, 0.5) is 5.82 Å². The Hall–Kier alpha value is -2.13. The van der Waals surface area contributed by atoms with Crippen molar-refractivity contribution in [2.75, 3.05) is 24.5 Å². The van der Waals surface area contributed by atoms with Crippen molar-refractivity contribution in [3.63, 3.8) is 0 Å². The molecule has 2 aliphatic rings. The minimum atomic E-state index is 0.473. The van der Waals surface area contributed by atoms with Crippen molar-refractivity contribution in [1.82, 2.24) is 19.9 Å². The van der Waals surface area contributed by atoms with E-state index in [1.54, 1.807) is 6.33 Å². The van der Waals surface area contributed by atoms with E-state index in [9.17, 15) is 0 Å². The summed E-state index contributed by atoms with van der Waals surface area (Å²) in [6.07, 6.45) is 7.12. The fourth-order valence-electron chi connectivity index (χ4n) is 3.36. The quantitative estimate of drug-likeness (QED) is 0.861. The maximum atomic E-state index is 9.04. The zero-order valence-electron chi connectivity index (χ0n) is 11.9. The summed E-state index contributed by atoms with van der Waals surface area (Å²) in [5, 5.41) is 10.1. The topological polar surface area (TPSA) is 71.8 Å². The van der Waals surface area contributed by atoms with Gasteiger partial charge in [-0.05, 0) is 25.3 Å². The number of H-pyrrole nitrogens is 1. The van der Waals surface area contributed by atoms with Gasteiger partial charge in [0.1, 0.15) is 17.8 Å². The van der Waals surface area contributed by atoms with Gasteiger partial charge in [-0.25, -0.2) is 9.97 Å². The fourth-order valence-corrected chi connectivity index (χ4v) is 3.36. The average Bonchev–Trinajstić information content (AvgIpc) is 3.02. The summed E-state index contributed by atoms with van der Waals surface area (Å²) in [4.78, 5) is 16.6. The molecule has 108 valence electrons. The Balaban J connectivity index is 1.56. The zero-order chi connectivity index (χ0) is 14.2. The minimum absolute atomic E-state index is 0.473. The Morgan fingerprint density at radius 3 is 3.05 bits per heavy atom. The first-order chi connectivity index (χ1) is 10.4. The molecule has 0 unspecified atom stereocenters. The third-order valence-electron chi connectivity index (χ3n) is 4.53. The summed E-state index contributed by atoms with van der Waals surface area (Å²) in [6.45, 7) is 2.50. The second kappa shape index (κ2) is 5.01. The number of hydrogen-bond donors (Lipinski definition) is 1. The van der Waals surface area contributed by atoms with Crippen LogP contribution in [0.5, 0.6) is 0 Å². The molecule has 1 N–H and O–H groups in total. The summed E-state index contributed by atoms with van der Waals surface area (Å²) in [6, 6.07) is 5.46. The second-order valence-electron chi connectivity index (χ2n) is 5.89.